The van der Waals surface area contributed by atoms with Crippen LogP contribution < -0.4 is 14.2 Å². The van der Waals surface area contributed by atoms with E-state index in [0.29, 0.717) is 25.7 Å². The Balaban J connectivity index is 1.47. The van der Waals surface area contributed by atoms with Gasteiger partial charge in [0.2, 0.25) is 0 Å². The molecule has 0 spiro atoms. The fraction of sp³-hybridized carbons (Fsp3) is 0.276. The molecule has 0 aliphatic carbocycles. The normalized spacial score (nSPS) is 11.1. The molecule has 0 fully saturated rings. The highest BCUT2D eigenvalue weighted by Gasteiger charge is 2.12. The molecule has 5 nitrogen and oxygen atoms in total. The van der Waals surface area contributed by atoms with Crippen LogP contribution in [0.1, 0.15) is 36.7 Å². The van der Waals surface area contributed by atoms with Gasteiger partial charge in [-0.2, -0.15) is 0 Å². The van der Waals surface area contributed by atoms with Gasteiger partial charge in [-0.3, -0.25) is 0 Å². The third-order valence-corrected chi connectivity index (χ3v) is 5.83. The van der Waals surface area contributed by atoms with Crippen molar-refractivity contribution in [3.8, 4) is 17.2 Å². The molecule has 0 atom stereocenters. The Hall–Kier alpha value is -3.73. The van der Waals surface area contributed by atoms with Gasteiger partial charge in [-0.1, -0.05) is 50.3 Å². The van der Waals surface area contributed by atoms with E-state index in [9.17, 15) is 0 Å². The Morgan fingerprint density at radius 2 is 1.76 bits per heavy atom. The lowest BCUT2D eigenvalue weighted by Gasteiger charge is -2.14. The molecule has 34 heavy (non-hydrogen) atoms. The monoisotopic (exact) mass is 456 g/mol. The topological polar surface area (TPSA) is 45.5 Å². The third kappa shape index (κ3) is 5.42. The number of para-hydroxylation sites is 2. The molecule has 1 heterocycles. The van der Waals surface area contributed by atoms with E-state index in [1.807, 2.05) is 54.6 Å². The number of rotatable bonds is 11. The fourth-order valence-electron chi connectivity index (χ4n) is 3.95. The summed E-state index contributed by atoms with van der Waals surface area (Å²) in [6.07, 6.45) is 2.67. The second-order valence-electron chi connectivity index (χ2n) is 8.51. The molecule has 4 rings (SSSR count). The summed E-state index contributed by atoms with van der Waals surface area (Å²) >= 11 is 0. The smallest absolute Gasteiger partial charge is 0.161 e. The van der Waals surface area contributed by atoms with Crippen LogP contribution in [0.5, 0.6) is 17.2 Å². The van der Waals surface area contributed by atoms with Gasteiger partial charge in [0.05, 0.1) is 24.7 Å². The van der Waals surface area contributed by atoms with Crippen molar-refractivity contribution in [2.24, 2.45) is 0 Å². The van der Waals surface area contributed by atoms with Crippen LogP contribution >= 0.6 is 0 Å². The Morgan fingerprint density at radius 1 is 0.971 bits per heavy atom. The Bertz CT molecular complexity index is 1240. The first-order valence-electron chi connectivity index (χ1n) is 11.7. The molecular formula is C29H32N2O3. The predicted molar refractivity (Wildman–Crippen MR) is 137 cm³/mol. The van der Waals surface area contributed by atoms with Crippen LogP contribution in [0.3, 0.4) is 0 Å². The largest absolute Gasteiger partial charge is 0.493 e. The van der Waals surface area contributed by atoms with Crippen molar-refractivity contribution in [2.75, 3.05) is 13.7 Å². The number of hydrogen-bond acceptors (Lipinski definition) is 4. The number of benzene rings is 3. The van der Waals surface area contributed by atoms with Crippen LogP contribution in [0, 0.1) is 0 Å². The van der Waals surface area contributed by atoms with Gasteiger partial charge in [-0.25, -0.2) is 4.98 Å². The lowest BCUT2D eigenvalue weighted by Crippen LogP contribution is -2.13. The molecule has 0 N–H and O–H groups in total. The number of methoxy groups -OCH3 is 1. The number of nitrogens with zero attached hydrogens (tertiary/aromatic N) is 2. The number of fused-ring (bicyclic) bond motifs is 1. The molecular weight excluding hydrogens is 424 g/mol. The molecule has 5 heteroatoms. The average Bonchev–Trinajstić information content (AvgIpc) is 3.21. The lowest BCUT2D eigenvalue weighted by molar-refractivity contribution is 0.264. The van der Waals surface area contributed by atoms with Gasteiger partial charge in [0.1, 0.15) is 24.8 Å². The van der Waals surface area contributed by atoms with E-state index in [0.717, 1.165) is 46.1 Å². The summed E-state index contributed by atoms with van der Waals surface area (Å²) in [6.45, 7) is 9.68. The molecule has 0 saturated carbocycles. The molecule has 176 valence electrons. The van der Waals surface area contributed by atoms with Gasteiger partial charge < -0.3 is 18.8 Å². The number of imidazole rings is 1. The van der Waals surface area contributed by atoms with Crippen molar-refractivity contribution in [3.05, 3.63) is 96.3 Å². The summed E-state index contributed by atoms with van der Waals surface area (Å²) < 4.78 is 19.9. The summed E-state index contributed by atoms with van der Waals surface area (Å²) in [5.41, 5.74) is 4.45. The lowest BCUT2D eigenvalue weighted by atomic mass is 10.0. The van der Waals surface area contributed by atoms with Crippen molar-refractivity contribution in [2.45, 2.75) is 39.3 Å². The Labute approximate surface area is 201 Å². The standard InChI is InChI=1S/C29H32N2O3/c1-5-8-22-11-16-27(28(19-22)32-4)33-18-17-31-26-10-7-6-9-25(26)30-29(31)20-34-24-14-12-23(13-15-24)21(2)3/h5-7,9-16,19,21H,1,8,17-18,20H2,2-4H3. The summed E-state index contributed by atoms with van der Waals surface area (Å²) in [7, 11) is 1.66. The fourth-order valence-corrected chi connectivity index (χ4v) is 3.95. The maximum absolute atomic E-state index is 6.10. The second kappa shape index (κ2) is 10.9. The number of aromatic nitrogens is 2. The second-order valence-corrected chi connectivity index (χ2v) is 8.51. The van der Waals surface area contributed by atoms with Gasteiger partial charge in [0, 0.05) is 0 Å². The first-order chi connectivity index (χ1) is 16.6. The zero-order valence-electron chi connectivity index (χ0n) is 20.2. The molecule has 1 aromatic heterocycles. The van der Waals surface area contributed by atoms with Gasteiger partial charge in [0.25, 0.3) is 0 Å². The molecule has 0 aliphatic rings. The molecule has 0 aliphatic heterocycles. The van der Waals surface area contributed by atoms with E-state index in [4.69, 9.17) is 19.2 Å². The van der Waals surface area contributed by atoms with Gasteiger partial charge in [-0.15, -0.1) is 6.58 Å². The first kappa shape index (κ1) is 23.4. The zero-order valence-corrected chi connectivity index (χ0v) is 20.2. The molecule has 3 aromatic carbocycles. The molecule has 0 bridgehead atoms. The zero-order chi connectivity index (χ0) is 23.9. The third-order valence-electron chi connectivity index (χ3n) is 5.83. The maximum atomic E-state index is 6.10. The first-order valence-corrected chi connectivity index (χ1v) is 11.7. The Kier molecular flexibility index (Phi) is 7.53. The van der Waals surface area contributed by atoms with Gasteiger partial charge in [0.15, 0.2) is 11.5 Å². The average molecular weight is 457 g/mol. The van der Waals surface area contributed by atoms with E-state index in [1.54, 1.807) is 7.11 Å². The summed E-state index contributed by atoms with van der Waals surface area (Å²) in [5, 5.41) is 0. The minimum atomic E-state index is 0.384. The van der Waals surface area contributed by atoms with Crippen molar-refractivity contribution < 1.29 is 14.2 Å². The molecule has 0 saturated heterocycles. The van der Waals surface area contributed by atoms with Crippen molar-refractivity contribution in [1.82, 2.24) is 9.55 Å². The van der Waals surface area contributed by atoms with Crippen LogP contribution in [-0.4, -0.2) is 23.3 Å². The Morgan fingerprint density at radius 3 is 2.50 bits per heavy atom. The summed E-state index contributed by atoms with van der Waals surface area (Å²) in [5.74, 6) is 3.65. The molecule has 0 radical (unpaired) electrons. The van der Waals surface area contributed by atoms with Crippen LogP contribution in [-0.2, 0) is 19.6 Å². The van der Waals surface area contributed by atoms with Crippen molar-refractivity contribution in [1.29, 1.82) is 0 Å². The molecule has 4 aromatic rings. The predicted octanol–water partition coefficient (Wildman–Crippen LogP) is 6.55. The number of ether oxygens (including phenoxy) is 3. The van der Waals surface area contributed by atoms with Crippen molar-refractivity contribution >= 4 is 11.0 Å². The summed E-state index contributed by atoms with van der Waals surface area (Å²) in [6, 6.07) is 22.4. The summed E-state index contributed by atoms with van der Waals surface area (Å²) in [4.78, 5) is 4.81. The molecule has 0 unspecified atom stereocenters. The van der Waals surface area contributed by atoms with Crippen LogP contribution in [0.15, 0.2) is 79.4 Å². The highest BCUT2D eigenvalue weighted by molar-refractivity contribution is 5.75. The van der Waals surface area contributed by atoms with E-state index >= 15 is 0 Å². The number of hydrogen-bond donors (Lipinski definition) is 0. The van der Waals surface area contributed by atoms with Crippen LogP contribution in [0.4, 0.5) is 0 Å². The van der Waals surface area contributed by atoms with Gasteiger partial charge >= 0.3 is 0 Å². The van der Waals surface area contributed by atoms with Gasteiger partial charge in [-0.05, 0) is 59.9 Å². The number of allylic oxidation sites excluding steroid dienone is 1. The minimum Gasteiger partial charge on any atom is -0.493 e. The van der Waals surface area contributed by atoms with E-state index in [-0.39, 0.29) is 0 Å². The maximum Gasteiger partial charge on any atom is 0.161 e. The van der Waals surface area contributed by atoms with Crippen LogP contribution in [0.25, 0.3) is 11.0 Å². The molecule has 0 amide bonds. The quantitative estimate of drug-likeness (QED) is 0.240. The van der Waals surface area contributed by atoms with E-state index in [2.05, 4.69) is 43.2 Å². The van der Waals surface area contributed by atoms with Crippen LogP contribution in [0.2, 0.25) is 0 Å². The SMILES string of the molecule is C=CCc1ccc(OCCn2c(COc3ccc(C(C)C)cc3)nc3ccccc32)c(OC)c1. The highest BCUT2D eigenvalue weighted by atomic mass is 16.5. The minimum absolute atomic E-state index is 0.384. The van der Waals surface area contributed by atoms with Crippen molar-refractivity contribution in [3.63, 3.8) is 0 Å². The van der Waals surface area contributed by atoms with E-state index in [1.165, 1.54) is 5.56 Å². The highest BCUT2D eigenvalue weighted by Crippen LogP contribution is 2.29. The van der Waals surface area contributed by atoms with E-state index < -0.39 is 0 Å².